The van der Waals surface area contributed by atoms with Crippen LogP contribution in [0, 0.1) is 0 Å². The van der Waals surface area contributed by atoms with Crippen LogP contribution in [0.5, 0.6) is 0 Å². The summed E-state index contributed by atoms with van der Waals surface area (Å²) in [6.45, 7) is 7.82. The van der Waals surface area contributed by atoms with Gasteiger partial charge in [-0.25, -0.2) is 0 Å². The monoisotopic (exact) mass is 871 g/mol. The summed E-state index contributed by atoms with van der Waals surface area (Å²) >= 11 is 0. The minimum atomic E-state index is -0.539. The third kappa shape index (κ3) is 50.8. The van der Waals surface area contributed by atoms with Gasteiger partial charge < -0.3 is 14.2 Å². The topological polar surface area (TPSA) is 61.8 Å². The number of allylic oxidation sites excluding steroid dienone is 6. The van der Waals surface area contributed by atoms with Gasteiger partial charge in [0.25, 0.3) is 0 Å². The lowest BCUT2D eigenvalue weighted by Gasteiger charge is -2.18. The Labute approximate surface area is 387 Å². The van der Waals surface area contributed by atoms with Crippen LogP contribution in [0.2, 0.25) is 0 Å². The van der Waals surface area contributed by atoms with Crippen molar-refractivity contribution in [1.82, 2.24) is 0 Å². The summed E-state index contributed by atoms with van der Waals surface area (Å²) in [5, 5.41) is 0. The van der Waals surface area contributed by atoms with Gasteiger partial charge in [-0.1, -0.05) is 237 Å². The largest absolute Gasteiger partial charge is 0.462 e. The highest BCUT2D eigenvalue weighted by Gasteiger charge is 2.17. The van der Waals surface area contributed by atoms with Gasteiger partial charge in [-0.3, -0.25) is 9.59 Å². The van der Waals surface area contributed by atoms with Crippen molar-refractivity contribution in [2.75, 3.05) is 19.8 Å². The first-order valence-corrected chi connectivity index (χ1v) is 27.5. The summed E-state index contributed by atoms with van der Waals surface area (Å²) in [4.78, 5) is 25.4. The molecule has 0 aliphatic heterocycles. The number of esters is 2. The molecule has 0 fully saturated rings. The van der Waals surface area contributed by atoms with E-state index in [0.29, 0.717) is 19.4 Å². The number of carbonyl (C=O) groups is 2. The molecule has 0 aromatic carbocycles. The number of carbonyl (C=O) groups excluding carboxylic acids is 2. The predicted molar refractivity (Wildman–Crippen MR) is 270 cm³/mol. The van der Waals surface area contributed by atoms with E-state index in [2.05, 4.69) is 57.2 Å². The zero-order valence-electron chi connectivity index (χ0n) is 41.9. The Morgan fingerprint density at radius 2 is 0.677 bits per heavy atom. The molecule has 0 bridgehead atoms. The summed E-state index contributed by atoms with van der Waals surface area (Å²) in [6, 6.07) is 0. The normalized spacial score (nSPS) is 12.4. The number of rotatable bonds is 51. The smallest absolute Gasteiger partial charge is 0.306 e. The highest BCUT2D eigenvalue weighted by molar-refractivity contribution is 5.70. The second-order valence-corrected chi connectivity index (χ2v) is 18.5. The molecule has 0 radical (unpaired) electrons. The van der Waals surface area contributed by atoms with Crippen molar-refractivity contribution in [1.29, 1.82) is 0 Å². The number of hydrogen-bond acceptors (Lipinski definition) is 5. The van der Waals surface area contributed by atoms with E-state index in [1.807, 2.05) is 0 Å². The average molecular weight is 871 g/mol. The lowest BCUT2D eigenvalue weighted by Crippen LogP contribution is -2.30. The Bertz CT molecular complexity index is 986. The minimum Gasteiger partial charge on any atom is -0.462 e. The molecule has 0 saturated heterocycles. The molecule has 62 heavy (non-hydrogen) atoms. The van der Waals surface area contributed by atoms with Crippen LogP contribution in [0.1, 0.15) is 290 Å². The second kappa shape index (κ2) is 53.5. The average Bonchev–Trinajstić information content (AvgIpc) is 3.27. The van der Waals surface area contributed by atoms with E-state index in [-0.39, 0.29) is 25.2 Å². The standard InChI is InChI=1S/C57H106O5/c1-4-7-10-13-16-19-22-25-28-31-34-37-40-43-46-49-52-60-53-55(62-57(59)51-48-45-42-39-36-33-30-27-24-21-18-15-12-9-6-3)54-61-56(58)50-47-44-41-38-35-32-29-26-23-20-17-14-11-8-5-2/h17,20-21,24,26,29,55H,4-16,18-19,22-23,25,27-28,30-54H2,1-3H3/b20-17-,24-21-,29-26-/t55-/m1/s1. The molecule has 0 rings (SSSR count). The highest BCUT2D eigenvalue weighted by atomic mass is 16.6. The Morgan fingerprint density at radius 3 is 1.13 bits per heavy atom. The van der Waals surface area contributed by atoms with Gasteiger partial charge in [0, 0.05) is 19.4 Å². The van der Waals surface area contributed by atoms with Crippen LogP contribution in [0.25, 0.3) is 0 Å². The number of hydrogen-bond donors (Lipinski definition) is 0. The van der Waals surface area contributed by atoms with Crippen LogP contribution in [0.4, 0.5) is 0 Å². The molecule has 364 valence electrons. The quantitative estimate of drug-likeness (QED) is 0.0346. The maximum absolute atomic E-state index is 12.8. The van der Waals surface area contributed by atoms with Gasteiger partial charge in [-0.15, -0.1) is 0 Å². The van der Waals surface area contributed by atoms with Gasteiger partial charge in [0.15, 0.2) is 6.10 Å². The summed E-state index contributed by atoms with van der Waals surface area (Å²) in [5.74, 6) is -0.403. The van der Waals surface area contributed by atoms with Gasteiger partial charge in [0.1, 0.15) is 6.61 Å². The summed E-state index contributed by atoms with van der Waals surface area (Å²) < 4.78 is 17.4. The van der Waals surface area contributed by atoms with Crippen molar-refractivity contribution in [3.8, 4) is 0 Å². The van der Waals surface area contributed by atoms with Gasteiger partial charge >= 0.3 is 11.9 Å². The van der Waals surface area contributed by atoms with E-state index in [1.54, 1.807) is 0 Å². The zero-order valence-corrected chi connectivity index (χ0v) is 41.9. The van der Waals surface area contributed by atoms with Crippen LogP contribution in [-0.2, 0) is 23.8 Å². The van der Waals surface area contributed by atoms with Crippen LogP contribution < -0.4 is 0 Å². The first-order chi connectivity index (χ1) is 30.6. The molecule has 0 unspecified atom stereocenters. The maximum Gasteiger partial charge on any atom is 0.306 e. The Balaban J connectivity index is 4.26. The summed E-state index contributed by atoms with van der Waals surface area (Å²) in [7, 11) is 0. The molecule has 5 heteroatoms. The molecule has 0 aliphatic rings. The van der Waals surface area contributed by atoms with Crippen molar-refractivity contribution in [3.05, 3.63) is 36.5 Å². The molecule has 0 aliphatic carbocycles. The van der Waals surface area contributed by atoms with Gasteiger partial charge in [-0.05, 0) is 77.0 Å². The molecule has 0 saturated carbocycles. The van der Waals surface area contributed by atoms with E-state index >= 15 is 0 Å². The Kier molecular flexibility index (Phi) is 51.8. The molecule has 0 aromatic heterocycles. The van der Waals surface area contributed by atoms with Gasteiger partial charge in [0.2, 0.25) is 0 Å². The first-order valence-electron chi connectivity index (χ1n) is 27.5. The van der Waals surface area contributed by atoms with Crippen molar-refractivity contribution >= 4 is 11.9 Å². The molecular weight excluding hydrogens is 765 g/mol. The number of unbranched alkanes of at least 4 members (excludes halogenated alkanes) is 34. The summed E-state index contributed by atoms with van der Waals surface area (Å²) in [6.07, 6.45) is 64.4. The fraction of sp³-hybridized carbons (Fsp3) is 0.860. The second-order valence-electron chi connectivity index (χ2n) is 18.5. The lowest BCUT2D eigenvalue weighted by atomic mass is 10.0. The molecule has 0 heterocycles. The minimum absolute atomic E-state index is 0.0812. The molecular formula is C57H106O5. The van der Waals surface area contributed by atoms with Crippen molar-refractivity contribution in [3.63, 3.8) is 0 Å². The van der Waals surface area contributed by atoms with Crippen molar-refractivity contribution < 1.29 is 23.8 Å². The van der Waals surface area contributed by atoms with E-state index in [1.165, 1.54) is 199 Å². The van der Waals surface area contributed by atoms with E-state index in [9.17, 15) is 9.59 Å². The fourth-order valence-electron chi connectivity index (χ4n) is 8.01. The molecule has 0 aromatic rings. The molecule has 1 atom stereocenters. The molecule has 5 nitrogen and oxygen atoms in total. The SMILES string of the molecule is CCCCC/C=C\C/C=C\CCCCCCCC(=O)OC[C@@H](COCCCCCCCCCCCCCCCCCC)OC(=O)CCCCCCCCC/C=C\CCCCCC. The van der Waals surface area contributed by atoms with E-state index in [0.717, 1.165) is 57.8 Å². The third-order valence-corrected chi connectivity index (χ3v) is 12.1. The lowest BCUT2D eigenvalue weighted by molar-refractivity contribution is -0.163. The first kappa shape index (κ1) is 60.1. The van der Waals surface area contributed by atoms with Crippen LogP contribution in [0.15, 0.2) is 36.5 Å². The highest BCUT2D eigenvalue weighted by Crippen LogP contribution is 2.16. The molecule has 0 amide bonds. The van der Waals surface area contributed by atoms with E-state index < -0.39 is 6.10 Å². The number of ether oxygens (including phenoxy) is 3. The van der Waals surface area contributed by atoms with Crippen molar-refractivity contribution in [2.45, 2.75) is 297 Å². The molecule has 0 spiro atoms. The molecule has 0 N–H and O–H groups in total. The maximum atomic E-state index is 12.8. The van der Waals surface area contributed by atoms with E-state index in [4.69, 9.17) is 14.2 Å². The summed E-state index contributed by atoms with van der Waals surface area (Å²) in [5.41, 5.74) is 0. The van der Waals surface area contributed by atoms with Crippen molar-refractivity contribution in [2.24, 2.45) is 0 Å². The third-order valence-electron chi connectivity index (χ3n) is 12.1. The van der Waals surface area contributed by atoms with Crippen LogP contribution in [0.3, 0.4) is 0 Å². The van der Waals surface area contributed by atoms with Crippen LogP contribution in [-0.4, -0.2) is 37.9 Å². The fourth-order valence-corrected chi connectivity index (χ4v) is 8.01. The predicted octanol–water partition coefficient (Wildman–Crippen LogP) is 18.6. The van der Waals surface area contributed by atoms with Crippen LogP contribution >= 0.6 is 0 Å². The Hall–Kier alpha value is -1.88. The van der Waals surface area contributed by atoms with Gasteiger partial charge in [0.05, 0.1) is 6.61 Å². The zero-order chi connectivity index (χ0) is 44.9. The van der Waals surface area contributed by atoms with Gasteiger partial charge in [-0.2, -0.15) is 0 Å². The Morgan fingerprint density at radius 1 is 0.355 bits per heavy atom.